The largest absolute Gasteiger partial charge is 0.478 e. The number of likely N-dealkylation sites (N-methyl/N-ethyl adjacent to an activating group) is 1. The maximum atomic E-state index is 12.0. The Morgan fingerprint density at radius 2 is 2.14 bits per heavy atom. The van der Waals surface area contributed by atoms with Gasteiger partial charge in [-0.05, 0) is 51.1 Å². The molecule has 1 aliphatic heterocycles. The number of nitrogens with zero attached hydrogens (tertiary/aromatic N) is 1. The first-order valence-corrected chi connectivity index (χ1v) is 7.06. The minimum absolute atomic E-state index is 0.131. The Morgan fingerprint density at radius 3 is 2.81 bits per heavy atom. The van der Waals surface area contributed by atoms with Crippen LogP contribution in [0.1, 0.15) is 28.8 Å². The van der Waals surface area contributed by atoms with Gasteiger partial charge >= 0.3 is 12.0 Å². The predicted molar refractivity (Wildman–Crippen MR) is 80.8 cm³/mol. The van der Waals surface area contributed by atoms with Crippen molar-refractivity contribution in [2.45, 2.75) is 25.8 Å². The van der Waals surface area contributed by atoms with Crippen molar-refractivity contribution in [3.05, 3.63) is 29.3 Å². The molecule has 1 aliphatic rings. The van der Waals surface area contributed by atoms with Gasteiger partial charge in [0, 0.05) is 18.3 Å². The molecule has 2 amide bonds. The highest BCUT2D eigenvalue weighted by Gasteiger charge is 2.19. The molecular weight excluding hydrogens is 270 g/mol. The van der Waals surface area contributed by atoms with E-state index in [1.807, 2.05) is 7.05 Å². The van der Waals surface area contributed by atoms with Gasteiger partial charge in [0.15, 0.2) is 0 Å². The van der Waals surface area contributed by atoms with Crippen LogP contribution in [-0.4, -0.2) is 48.2 Å². The number of likely N-dealkylation sites (tertiary alicyclic amines) is 1. The van der Waals surface area contributed by atoms with Crippen molar-refractivity contribution < 1.29 is 14.7 Å². The van der Waals surface area contributed by atoms with E-state index in [1.165, 1.54) is 6.07 Å². The van der Waals surface area contributed by atoms with Crippen molar-refractivity contribution in [2.24, 2.45) is 0 Å². The second-order valence-electron chi connectivity index (χ2n) is 5.48. The number of piperidine rings is 1. The molecule has 1 aromatic carbocycles. The normalized spacial score (nSPS) is 19.0. The van der Waals surface area contributed by atoms with Gasteiger partial charge in [0.1, 0.15) is 0 Å². The number of carboxylic acids is 1. The zero-order valence-corrected chi connectivity index (χ0v) is 12.3. The zero-order valence-electron chi connectivity index (χ0n) is 12.3. The molecule has 114 valence electrons. The number of anilines is 1. The summed E-state index contributed by atoms with van der Waals surface area (Å²) in [5.74, 6) is -0.995. The predicted octanol–water partition coefficient (Wildman–Crippen LogP) is 1.91. The molecule has 0 saturated carbocycles. The Balaban J connectivity index is 1.99. The summed E-state index contributed by atoms with van der Waals surface area (Å²) in [5, 5.41) is 14.8. The Bertz CT molecular complexity index is 545. The van der Waals surface area contributed by atoms with Crippen LogP contribution < -0.4 is 10.6 Å². The van der Waals surface area contributed by atoms with E-state index < -0.39 is 5.97 Å². The van der Waals surface area contributed by atoms with Gasteiger partial charge in [-0.15, -0.1) is 0 Å². The highest BCUT2D eigenvalue weighted by atomic mass is 16.4. The number of carbonyl (C=O) groups excluding carboxylic acids is 1. The lowest BCUT2D eigenvalue weighted by molar-refractivity contribution is 0.0696. The van der Waals surface area contributed by atoms with E-state index in [2.05, 4.69) is 15.5 Å². The first-order chi connectivity index (χ1) is 9.97. The number of nitrogens with one attached hydrogen (secondary N) is 2. The molecule has 6 nitrogen and oxygen atoms in total. The van der Waals surface area contributed by atoms with Crippen molar-refractivity contribution >= 4 is 17.7 Å². The lowest BCUT2D eigenvalue weighted by atomic mass is 10.1. The average molecular weight is 291 g/mol. The molecule has 0 spiro atoms. The first-order valence-electron chi connectivity index (χ1n) is 7.06. The number of rotatable bonds is 3. The van der Waals surface area contributed by atoms with E-state index in [9.17, 15) is 9.59 Å². The van der Waals surface area contributed by atoms with Crippen LogP contribution in [0.5, 0.6) is 0 Å². The van der Waals surface area contributed by atoms with Crippen LogP contribution in [0.25, 0.3) is 0 Å². The molecule has 6 heteroatoms. The maximum Gasteiger partial charge on any atom is 0.336 e. The van der Waals surface area contributed by atoms with Gasteiger partial charge in [-0.2, -0.15) is 0 Å². The summed E-state index contributed by atoms with van der Waals surface area (Å²) in [7, 11) is 2.03. The summed E-state index contributed by atoms with van der Waals surface area (Å²) in [6, 6.07) is 4.69. The Labute approximate surface area is 124 Å². The van der Waals surface area contributed by atoms with Gasteiger partial charge in [0.25, 0.3) is 0 Å². The first kappa shape index (κ1) is 15.3. The maximum absolute atomic E-state index is 12.0. The molecule has 1 atom stereocenters. The number of amides is 2. The monoisotopic (exact) mass is 291 g/mol. The summed E-state index contributed by atoms with van der Waals surface area (Å²) >= 11 is 0. The van der Waals surface area contributed by atoms with Crippen LogP contribution in [0.4, 0.5) is 10.5 Å². The Morgan fingerprint density at radius 1 is 1.38 bits per heavy atom. The van der Waals surface area contributed by atoms with E-state index >= 15 is 0 Å². The molecule has 1 heterocycles. The summed E-state index contributed by atoms with van der Waals surface area (Å²) in [6.45, 7) is 3.58. The van der Waals surface area contributed by atoms with Crippen LogP contribution in [0.15, 0.2) is 18.2 Å². The topological polar surface area (TPSA) is 81.7 Å². The van der Waals surface area contributed by atoms with E-state index in [-0.39, 0.29) is 17.6 Å². The van der Waals surface area contributed by atoms with Crippen molar-refractivity contribution in [3.8, 4) is 0 Å². The molecule has 3 N–H and O–H groups in total. The van der Waals surface area contributed by atoms with Crippen LogP contribution in [0, 0.1) is 6.92 Å². The second-order valence-corrected chi connectivity index (χ2v) is 5.48. The number of hydrogen-bond acceptors (Lipinski definition) is 3. The van der Waals surface area contributed by atoms with E-state index in [0.717, 1.165) is 25.9 Å². The molecular formula is C15H21N3O3. The number of carbonyl (C=O) groups is 2. The third-order valence-electron chi connectivity index (χ3n) is 3.77. The molecule has 0 radical (unpaired) electrons. The third kappa shape index (κ3) is 3.95. The zero-order chi connectivity index (χ0) is 15.4. The van der Waals surface area contributed by atoms with Gasteiger partial charge in [0.05, 0.1) is 5.56 Å². The number of urea groups is 1. The van der Waals surface area contributed by atoms with Crippen LogP contribution in [0.2, 0.25) is 0 Å². The van der Waals surface area contributed by atoms with Gasteiger partial charge in [-0.25, -0.2) is 9.59 Å². The number of carboxylic acid groups (broad SMARTS) is 1. The molecule has 1 aromatic rings. The fourth-order valence-corrected chi connectivity index (χ4v) is 2.63. The molecule has 0 bridgehead atoms. The molecule has 0 aliphatic carbocycles. The molecule has 0 aromatic heterocycles. The lowest BCUT2D eigenvalue weighted by Crippen LogP contribution is -2.47. The lowest BCUT2D eigenvalue weighted by Gasteiger charge is -2.30. The summed E-state index contributed by atoms with van der Waals surface area (Å²) in [6.07, 6.45) is 2.03. The smallest absolute Gasteiger partial charge is 0.336 e. The van der Waals surface area contributed by atoms with Crippen molar-refractivity contribution in [1.82, 2.24) is 10.2 Å². The van der Waals surface area contributed by atoms with Gasteiger partial charge in [0.2, 0.25) is 0 Å². The fourth-order valence-electron chi connectivity index (χ4n) is 2.63. The van der Waals surface area contributed by atoms with E-state index in [0.29, 0.717) is 11.3 Å². The molecule has 1 fully saturated rings. The van der Waals surface area contributed by atoms with Crippen molar-refractivity contribution in [1.29, 1.82) is 0 Å². The van der Waals surface area contributed by atoms with Crippen molar-refractivity contribution in [3.63, 3.8) is 0 Å². The molecule has 1 unspecified atom stereocenters. The highest BCUT2D eigenvalue weighted by molar-refractivity contribution is 5.95. The summed E-state index contributed by atoms with van der Waals surface area (Å²) in [4.78, 5) is 25.3. The van der Waals surface area contributed by atoms with Crippen LogP contribution >= 0.6 is 0 Å². The summed E-state index contributed by atoms with van der Waals surface area (Å²) in [5.41, 5.74) is 1.28. The fraction of sp³-hybridized carbons (Fsp3) is 0.467. The number of hydrogen-bond donors (Lipinski definition) is 3. The Kier molecular flexibility index (Phi) is 4.80. The standard InChI is InChI=1S/C15H21N3O3/c1-10-12(14(19)20)6-3-7-13(10)17-15(21)16-11-5-4-8-18(2)9-11/h3,6-7,11H,4-5,8-9H2,1-2H3,(H,19,20)(H2,16,17,21). The second kappa shape index (κ2) is 6.58. The molecule has 1 saturated heterocycles. The average Bonchev–Trinajstić information content (AvgIpc) is 2.40. The minimum Gasteiger partial charge on any atom is -0.478 e. The van der Waals surface area contributed by atoms with Crippen molar-refractivity contribution in [2.75, 3.05) is 25.5 Å². The third-order valence-corrected chi connectivity index (χ3v) is 3.77. The quantitative estimate of drug-likeness (QED) is 0.794. The minimum atomic E-state index is -0.995. The van der Waals surface area contributed by atoms with Gasteiger partial charge < -0.3 is 20.6 Å². The Hall–Kier alpha value is -2.08. The number of aromatic carboxylic acids is 1. The molecule has 2 rings (SSSR count). The highest BCUT2D eigenvalue weighted by Crippen LogP contribution is 2.19. The van der Waals surface area contributed by atoms with Crippen LogP contribution in [-0.2, 0) is 0 Å². The van der Waals surface area contributed by atoms with Gasteiger partial charge in [-0.1, -0.05) is 6.07 Å². The van der Waals surface area contributed by atoms with E-state index in [1.54, 1.807) is 19.1 Å². The molecule has 21 heavy (non-hydrogen) atoms. The summed E-state index contributed by atoms with van der Waals surface area (Å²) < 4.78 is 0. The van der Waals surface area contributed by atoms with Crippen LogP contribution in [0.3, 0.4) is 0 Å². The van der Waals surface area contributed by atoms with E-state index in [4.69, 9.17) is 5.11 Å². The van der Waals surface area contributed by atoms with Gasteiger partial charge in [-0.3, -0.25) is 0 Å². The number of benzene rings is 1. The SMILES string of the molecule is Cc1c(NC(=O)NC2CCCN(C)C2)cccc1C(=O)O.